The standard InChI is InChI=1S/C13H21N3O3S/c1-13(2,3)11(14)12(17)16-9-5-7-10(8-6-9)20(18,19)15-4/h5-8,11,15H,14H2,1-4H3,(H,16,17)/t11-/m0/s1. The minimum atomic E-state index is -3.47. The van der Waals surface area contributed by atoms with Gasteiger partial charge in [0.05, 0.1) is 10.9 Å². The molecule has 0 aliphatic rings. The molecule has 0 unspecified atom stereocenters. The maximum atomic E-state index is 11.9. The van der Waals surface area contributed by atoms with Crippen LogP contribution in [0.5, 0.6) is 0 Å². The lowest BCUT2D eigenvalue weighted by Gasteiger charge is -2.25. The molecule has 6 nitrogen and oxygen atoms in total. The van der Waals surface area contributed by atoms with Crippen molar-refractivity contribution in [3.05, 3.63) is 24.3 Å². The van der Waals surface area contributed by atoms with Crippen LogP contribution in [0.4, 0.5) is 5.69 Å². The van der Waals surface area contributed by atoms with Gasteiger partial charge in [-0.15, -0.1) is 0 Å². The summed E-state index contributed by atoms with van der Waals surface area (Å²) in [7, 11) is -2.13. The van der Waals surface area contributed by atoms with Crippen LogP contribution in [-0.4, -0.2) is 27.4 Å². The van der Waals surface area contributed by atoms with E-state index in [2.05, 4.69) is 10.0 Å². The Hall–Kier alpha value is -1.44. The van der Waals surface area contributed by atoms with Gasteiger partial charge in [-0.2, -0.15) is 0 Å². The van der Waals surface area contributed by atoms with Crippen LogP contribution in [0.1, 0.15) is 20.8 Å². The van der Waals surface area contributed by atoms with E-state index in [4.69, 9.17) is 5.73 Å². The molecule has 1 atom stereocenters. The van der Waals surface area contributed by atoms with Gasteiger partial charge in [-0.3, -0.25) is 4.79 Å². The largest absolute Gasteiger partial charge is 0.325 e. The van der Waals surface area contributed by atoms with Gasteiger partial charge in [0.1, 0.15) is 0 Å². The summed E-state index contributed by atoms with van der Waals surface area (Å²) in [5.41, 5.74) is 6.00. The van der Waals surface area contributed by atoms with Gasteiger partial charge in [0, 0.05) is 5.69 Å². The molecule has 0 saturated carbocycles. The first-order chi connectivity index (χ1) is 9.08. The van der Waals surface area contributed by atoms with Crippen molar-refractivity contribution in [1.82, 2.24) is 4.72 Å². The molecule has 1 aromatic carbocycles. The molecule has 0 spiro atoms. The number of rotatable bonds is 4. The molecule has 1 aromatic rings. The van der Waals surface area contributed by atoms with E-state index in [9.17, 15) is 13.2 Å². The van der Waals surface area contributed by atoms with Crippen molar-refractivity contribution in [2.24, 2.45) is 11.1 Å². The first-order valence-electron chi connectivity index (χ1n) is 6.18. The SMILES string of the molecule is CNS(=O)(=O)c1ccc(NC(=O)[C@H](N)C(C)(C)C)cc1. The highest BCUT2D eigenvalue weighted by Crippen LogP contribution is 2.19. The lowest BCUT2D eigenvalue weighted by Crippen LogP contribution is -2.45. The third kappa shape index (κ3) is 4.03. The lowest BCUT2D eigenvalue weighted by molar-refractivity contribution is -0.119. The Morgan fingerprint density at radius 3 is 2.10 bits per heavy atom. The number of nitrogens with one attached hydrogen (secondary N) is 2. The number of hydrogen-bond acceptors (Lipinski definition) is 4. The van der Waals surface area contributed by atoms with Crippen LogP contribution in [0.15, 0.2) is 29.2 Å². The van der Waals surface area contributed by atoms with Crippen molar-refractivity contribution in [2.45, 2.75) is 31.7 Å². The highest BCUT2D eigenvalue weighted by atomic mass is 32.2. The van der Waals surface area contributed by atoms with E-state index >= 15 is 0 Å². The Morgan fingerprint density at radius 1 is 1.20 bits per heavy atom. The van der Waals surface area contributed by atoms with Crippen molar-refractivity contribution < 1.29 is 13.2 Å². The van der Waals surface area contributed by atoms with Crippen LogP contribution in [0.2, 0.25) is 0 Å². The van der Waals surface area contributed by atoms with Crippen molar-refractivity contribution in [2.75, 3.05) is 12.4 Å². The van der Waals surface area contributed by atoms with E-state index in [0.717, 1.165) is 0 Å². The van der Waals surface area contributed by atoms with Crippen LogP contribution in [-0.2, 0) is 14.8 Å². The predicted molar refractivity (Wildman–Crippen MR) is 78.7 cm³/mol. The summed E-state index contributed by atoms with van der Waals surface area (Å²) >= 11 is 0. The van der Waals surface area contributed by atoms with Gasteiger partial charge >= 0.3 is 0 Å². The van der Waals surface area contributed by atoms with Gasteiger partial charge in [-0.1, -0.05) is 20.8 Å². The Labute approximate surface area is 119 Å². The van der Waals surface area contributed by atoms with Crippen LogP contribution < -0.4 is 15.8 Å². The van der Waals surface area contributed by atoms with E-state index in [0.29, 0.717) is 5.69 Å². The fourth-order valence-corrected chi connectivity index (χ4v) is 2.18. The monoisotopic (exact) mass is 299 g/mol. The fraction of sp³-hybridized carbons (Fsp3) is 0.462. The van der Waals surface area contributed by atoms with Gasteiger partial charge in [0.25, 0.3) is 0 Å². The smallest absolute Gasteiger partial charge is 0.241 e. The lowest BCUT2D eigenvalue weighted by atomic mass is 9.87. The van der Waals surface area contributed by atoms with Gasteiger partial charge in [-0.05, 0) is 36.7 Å². The van der Waals surface area contributed by atoms with Crippen LogP contribution in [0.3, 0.4) is 0 Å². The summed E-state index contributed by atoms with van der Waals surface area (Å²) in [4.78, 5) is 12.1. The zero-order valence-electron chi connectivity index (χ0n) is 12.1. The maximum absolute atomic E-state index is 11.9. The van der Waals surface area contributed by atoms with E-state index in [1.807, 2.05) is 20.8 Å². The molecular weight excluding hydrogens is 278 g/mol. The average molecular weight is 299 g/mol. The molecule has 0 aliphatic carbocycles. The number of carbonyl (C=O) groups excluding carboxylic acids is 1. The molecule has 1 amide bonds. The molecular formula is C13H21N3O3S. The van der Waals surface area contributed by atoms with Gasteiger partial charge in [0.15, 0.2) is 0 Å². The van der Waals surface area contributed by atoms with Gasteiger partial charge in [0.2, 0.25) is 15.9 Å². The number of anilines is 1. The Kier molecular flexibility index (Phi) is 4.90. The Balaban J connectivity index is 2.84. The third-order valence-corrected chi connectivity index (χ3v) is 4.35. The predicted octanol–water partition coefficient (Wildman–Crippen LogP) is 0.907. The molecule has 112 valence electrons. The maximum Gasteiger partial charge on any atom is 0.241 e. The van der Waals surface area contributed by atoms with Gasteiger partial charge in [-0.25, -0.2) is 13.1 Å². The zero-order valence-corrected chi connectivity index (χ0v) is 12.9. The van der Waals surface area contributed by atoms with Crippen molar-refractivity contribution >= 4 is 21.6 Å². The summed E-state index contributed by atoms with van der Waals surface area (Å²) in [5.74, 6) is -0.304. The highest BCUT2D eigenvalue weighted by Gasteiger charge is 2.27. The zero-order chi connectivity index (χ0) is 15.6. The molecule has 20 heavy (non-hydrogen) atoms. The second kappa shape index (κ2) is 5.90. The molecule has 4 N–H and O–H groups in total. The summed E-state index contributed by atoms with van der Waals surface area (Å²) < 4.78 is 25.3. The van der Waals surface area contributed by atoms with Crippen LogP contribution in [0, 0.1) is 5.41 Å². The molecule has 0 radical (unpaired) electrons. The number of amides is 1. The fourth-order valence-electron chi connectivity index (χ4n) is 1.45. The number of sulfonamides is 1. The molecule has 0 aliphatic heterocycles. The summed E-state index contributed by atoms with van der Waals surface area (Å²) in [6.07, 6.45) is 0. The molecule has 7 heteroatoms. The van der Waals surface area contributed by atoms with Crippen molar-refractivity contribution in [1.29, 1.82) is 0 Å². The molecule has 0 aromatic heterocycles. The highest BCUT2D eigenvalue weighted by molar-refractivity contribution is 7.89. The number of nitrogens with two attached hydrogens (primary N) is 1. The number of carbonyl (C=O) groups is 1. The van der Waals surface area contributed by atoms with Crippen LogP contribution >= 0.6 is 0 Å². The number of benzene rings is 1. The second-order valence-electron chi connectivity index (χ2n) is 5.56. The summed E-state index contributed by atoms with van der Waals surface area (Å²) in [5, 5.41) is 2.67. The molecule has 1 rings (SSSR count). The summed E-state index contributed by atoms with van der Waals surface area (Å²) in [6, 6.07) is 5.24. The van der Waals surface area contributed by atoms with E-state index < -0.39 is 16.1 Å². The minimum Gasteiger partial charge on any atom is -0.325 e. The quantitative estimate of drug-likeness (QED) is 0.769. The van der Waals surface area contributed by atoms with E-state index in [1.165, 1.54) is 31.3 Å². The number of hydrogen-bond donors (Lipinski definition) is 3. The average Bonchev–Trinajstić information content (AvgIpc) is 2.37. The Bertz CT molecular complexity index is 574. The van der Waals surface area contributed by atoms with E-state index in [1.54, 1.807) is 0 Å². The third-order valence-electron chi connectivity index (χ3n) is 2.92. The topological polar surface area (TPSA) is 101 Å². The van der Waals surface area contributed by atoms with Crippen molar-refractivity contribution in [3.63, 3.8) is 0 Å². The minimum absolute atomic E-state index is 0.137. The molecule has 0 fully saturated rings. The Morgan fingerprint density at radius 2 is 1.70 bits per heavy atom. The first kappa shape index (κ1) is 16.6. The first-order valence-corrected chi connectivity index (χ1v) is 7.66. The van der Waals surface area contributed by atoms with Crippen molar-refractivity contribution in [3.8, 4) is 0 Å². The summed E-state index contributed by atoms with van der Waals surface area (Å²) in [6.45, 7) is 5.62. The molecule has 0 bridgehead atoms. The van der Waals surface area contributed by atoms with Gasteiger partial charge < -0.3 is 11.1 Å². The second-order valence-corrected chi connectivity index (χ2v) is 7.45. The normalized spacial score (nSPS) is 13.8. The van der Waals surface area contributed by atoms with Crippen LogP contribution in [0.25, 0.3) is 0 Å². The molecule has 0 heterocycles. The van der Waals surface area contributed by atoms with E-state index in [-0.39, 0.29) is 16.2 Å². The molecule has 0 saturated heterocycles.